The number of benzene rings is 3. The molecule has 1 N–H and O–H groups in total. The Hall–Kier alpha value is -3.80. The van der Waals surface area contributed by atoms with E-state index in [1.54, 1.807) is 16.8 Å². The summed E-state index contributed by atoms with van der Waals surface area (Å²) in [6.45, 7) is 3.90. The molecule has 0 bridgehead atoms. The minimum Gasteiger partial charge on any atom is -0.319 e. The van der Waals surface area contributed by atoms with Crippen molar-refractivity contribution in [1.82, 2.24) is 14.8 Å². The van der Waals surface area contributed by atoms with E-state index in [0.29, 0.717) is 17.2 Å². The summed E-state index contributed by atoms with van der Waals surface area (Å²) in [6.07, 6.45) is 0. The maximum atomic E-state index is 13.4. The molecule has 0 fully saturated rings. The van der Waals surface area contributed by atoms with E-state index in [2.05, 4.69) is 15.4 Å². The lowest BCUT2D eigenvalue weighted by molar-refractivity contribution is 0.101. The summed E-state index contributed by atoms with van der Waals surface area (Å²) in [5.41, 5.74) is 4.13. The highest BCUT2D eigenvalue weighted by Crippen LogP contribution is 2.23. The number of rotatable bonds is 4. The van der Waals surface area contributed by atoms with E-state index in [4.69, 9.17) is 0 Å². The van der Waals surface area contributed by atoms with Crippen LogP contribution in [-0.4, -0.2) is 20.7 Å². The van der Waals surface area contributed by atoms with Gasteiger partial charge in [0, 0.05) is 11.3 Å². The van der Waals surface area contributed by atoms with Crippen molar-refractivity contribution in [2.45, 2.75) is 13.8 Å². The Bertz CT molecular complexity index is 1180. The van der Waals surface area contributed by atoms with Gasteiger partial charge < -0.3 is 5.32 Å². The van der Waals surface area contributed by atoms with Crippen LogP contribution in [0.25, 0.3) is 17.1 Å². The molecule has 0 saturated heterocycles. The third-order valence-electron chi connectivity index (χ3n) is 4.55. The number of hydrogen-bond donors (Lipinski definition) is 1. The third kappa shape index (κ3) is 3.91. The van der Waals surface area contributed by atoms with Crippen LogP contribution in [0.5, 0.6) is 0 Å². The van der Waals surface area contributed by atoms with Gasteiger partial charge in [-0.05, 0) is 55.8 Å². The predicted octanol–water partition coefficient (Wildman–Crippen LogP) is 4.94. The molecule has 0 aliphatic rings. The van der Waals surface area contributed by atoms with Crippen molar-refractivity contribution in [1.29, 1.82) is 0 Å². The molecule has 3 aromatic carbocycles. The maximum Gasteiger partial charge on any atom is 0.295 e. The van der Waals surface area contributed by atoms with Gasteiger partial charge in [0.1, 0.15) is 5.82 Å². The van der Waals surface area contributed by atoms with Gasteiger partial charge in [0.15, 0.2) is 5.82 Å². The van der Waals surface area contributed by atoms with Gasteiger partial charge in [-0.1, -0.05) is 42.0 Å². The van der Waals surface area contributed by atoms with E-state index in [1.807, 2.05) is 62.4 Å². The van der Waals surface area contributed by atoms with Gasteiger partial charge in [-0.2, -0.15) is 0 Å². The van der Waals surface area contributed by atoms with E-state index < -0.39 is 5.91 Å². The van der Waals surface area contributed by atoms with Crippen LogP contribution >= 0.6 is 0 Å². The van der Waals surface area contributed by atoms with Crippen LogP contribution in [0.1, 0.15) is 21.7 Å². The molecular weight excluding hydrogens is 367 g/mol. The van der Waals surface area contributed by atoms with Crippen LogP contribution in [0.4, 0.5) is 10.1 Å². The van der Waals surface area contributed by atoms with Crippen molar-refractivity contribution in [2.75, 3.05) is 5.32 Å². The molecule has 5 nitrogen and oxygen atoms in total. The fourth-order valence-electron chi connectivity index (χ4n) is 3.03. The van der Waals surface area contributed by atoms with Crippen molar-refractivity contribution in [2.24, 2.45) is 0 Å². The summed E-state index contributed by atoms with van der Waals surface area (Å²) in [4.78, 5) is 17.3. The maximum absolute atomic E-state index is 13.4. The van der Waals surface area contributed by atoms with Gasteiger partial charge in [-0.25, -0.2) is 14.1 Å². The highest BCUT2D eigenvalue weighted by Gasteiger charge is 2.19. The van der Waals surface area contributed by atoms with Crippen LogP contribution in [0.2, 0.25) is 0 Å². The zero-order valence-corrected chi connectivity index (χ0v) is 16.1. The van der Waals surface area contributed by atoms with Gasteiger partial charge in [0.25, 0.3) is 5.91 Å². The Kier molecular flexibility index (Phi) is 4.91. The second-order valence-electron chi connectivity index (χ2n) is 6.79. The Morgan fingerprint density at radius 3 is 2.45 bits per heavy atom. The number of para-hydroxylation sites is 1. The van der Waals surface area contributed by atoms with Gasteiger partial charge in [-0.3, -0.25) is 4.79 Å². The molecule has 0 atom stereocenters. The molecule has 0 spiro atoms. The zero-order valence-electron chi connectivity index (χ0n) is 16.1. The minimum atomic E-state index is -0.408. The topological polar surface area (TPSA) is 59.8 Å². The Morgan fingerprint density at radius 1 is 0.966 bits per heavy atom. The van der Waals surface area contributed by atoms with Crippen LogP contribution in [0.15, 0.2) is 72.8 Å². The molecule has 0 saturated carbocycles. The molecule has 4 aromatic rings. The van der Waals surface area contributed by atoms with E-state index in [1.165, 1.54) is 12.1 Å². The number of nitrogens with zero attached hydrogens (tertiary/aromatic N) is 3. The highest BCUT2D eigenvalue weighted by molar-refractivity contribution is 6.02. The van der Waals surface area contributed by atoms with E-state index in [0.717, 1.165) is 16.7 Å². The second-order valence-corrected chi connectivity index (χ2v) is 6.79. The van der Waals surface area contributed by atoms with Crippen molar-refractivity contribution in [3.8, 4) is 17.1 Å². The summed E-state index contributed by atoms with van der Waals surface area (Å²) in [6, 6.07) is 21.2. The van der Waals surface area contributed by atoms with E-state index >= 15 is 0 Å². The highest BCUT2D eigenvalue weighted by atomic mass is 19.1. The lowest BCUT2D eigenvalue weighted by Crippen LogP contribution is -2.15. The minimum absolute atomic E-state index is 0.0362. The first-order valence-electron chi connectivity index (χ1n) is 9.18. The summed E-state index contributed by atoms with van der Waals surface area (Å²) < 4.78 is 14.9. The Morgan fingerprint density at radius 2 is 1.72 bits per heavy atom. The van der Waals surface area contributed by atoms with E-state index in [9.17, 15) is 9.18 Å². The van der Waals surface area contributed by atoms with Crippen LogP contribution in [-0.2, 0) is 0 Å². The first-order chi connectivity index (χ1) is 14.0. The molecule has 1 heterocycles. The number of halogens is 1. The number of carbonyl (C=O) groups excluding carboxylic acids is 1. The van der Waals surface area contributed by atoms with Crippen molar-refractivity contribution in [3.05, 3.63) is 95.6 Å². The first kappa shape index (κ1) is 18.6. The SMILES string of the molecule is Cc1cccc(-c2nc(C(=O)Nc3ccccc3C)nn2-c2ccc(F)cc2)c1. The summed E-state index contributed by atoms with van der Waals surface area (Å²) in [7, 11) is 0. The molecule has 0 aliphatic heterocycles. The number of aryl methyl sites for hydroxylation is 2. The average molecular weight is 386 g/mol. The first-order valence-corrected chi connectivity index (χ1v) is 9.18. The molecule has 4 rings (SSSR count). The molecule has 0 radical (unpaired) electrons. The van der Waals surface area contributed by atoms with Crippen molar-refractivity contribution >= 4 is 11.6 Å². The molecule has 0 unspecified atom stereocenters. The number of amides is 1. The smallest absolute Gasteiger partial charge is 0.295 e. The molecule has 0 aliphatic carbocycles. The zero-order chi connectivity index (χ0) is 20.4. The molecule has 1 amide bonds. The van der Waals surface area contributed by atoms with Crippen molar-refractivity contribution < 1.29 is 9.18 Å². The largest absolute Gasteiger partial charge is 0.319 e. The molecule has 6 heteroatoms. The summed E-state index contributed by atoms with van der Waals surface area (Å²) in [5, 5.41) is 7.27. The number of nitrogens with one attached hydrogen (secondary N) is 1. The van der Waals surface area contributed by atoms with Gasteiger partial charge in [0.05, 0.1) is 5.69 Å². The average Bonchev–Trinajstić information content (AvgIpc) is 3.16. The van der Waals surface area contributed by atoms with Gasteiger partial charge in [-0.15, -0.1) is 5.10 Å². The lowest BCUT2D eigenvalue weighted by atomic mass is 10.1. The monoisotopic (exact) mass is 386 g/mol. The van der Waals surface area contributed by atoms with Gasteiger partial charge >= 0.3 is 0 Å². The summed E-state index contributed by atoms with van der Waals surface area (Å²) in [5.74, 6) is -0.207. The Labute approximate surface area is 167 Å². The molecule has 1 aromatic heterocycles. The standard InChI is InChI=1S/C23H19FN4O/c1-15-6-5-8-17(14-15)22-26-21(23(29)25-20-9-4-3-7-16(20)2)27-28(22)19-12-10-18(24)11-13-19/h3-14H,1-2H3,(H,25,29). The van der Waals surface area contributed by atoms with Crippen LogP contribution < -0.4 is 5.32 Å². The van der Waals surface area contributed by atoms with Crippen molar-refractivity contribution in [3.63, 3.8) is 0 Å². The number of hydrogen-bond acceptors (Lipinski definition) is 3. The number of anilines is 1. The lowest BCUT2D eigenvalue weighted by Gasteiger charge is -2.06. The molecular formula is C23H19FN4O. The second kappa shape index (κ2) is 7.67. The van der Waals surface area contributed by atoms with Crippen LogP contribution in [0.3, 0.4) is 0 Å². The fourth-order valence-corrected chi connectivity index (χ4v) is 3.03. The predicted molar refractivity (Wildman–Crippen MR) is 111 cm³/mol. The Balaban J connectivity index is 1.78. The summed E-state index contributed by atoms with van der Waals surface area (Å²) >= 11 is 0. The van der Waals surface area contributed by atoms with Gasteiger partial charge in [0.2, 0.25) is 5.82 Å². The number of carbonyl (C=O) groups is 1. The quantitative estimate of drug-likeness (QED) is 0.540. The molecule has 144 valence electrons. The number of aromatic nitrogens is 3. The normalized spacial score (nSPS) is 10.7. The van der Waals surface area contributed by atoms with Crippen LogP contribution in [0, 0.1) is 19.7 Å². The third-order valence-corrected chi connectivity index (χ3v) is 4.55. The fraction of sp³-hybridized carbons (Fsp3) is 0.0870. The van der Waals surface area contributed by atoms with E-state index in [-0.39, 0.29) is 11.6 Å². The molecule has 29 heavy (non-hydrogen) atoms.